The number of methoxy groups -OCH3 is 2. The Kier molecular flexibility index (Phi) is 4.44. The fraction of sp³-hybridized carbons (Fsp3) is 0.571. The summed E-state index contributed by atoms with van der Waals surface area (Å²) in [6.45, 7) is 1.60. The Morgan fingerprint density at radius 1 is 1.28 bits per heavy atom. The lowest BCUT2D eigenvalue weighted by molar-refractivity contribution is 0.0447. The van der Waals surface area contributed by atoms with Crippen LogP contribution in [0.4, 0.5) is 0 Å². The standard InChI is InChI=1S/C14H21NO3/c1-16-12-6-5-10(8-13(12)17-2)14(15)11-4-3-7-18-9-11/h5-6,8,11,14H,3-4,7,9,15H2,1-2H3. The van der Waals surface area contributed by atoms with Gasteiger partial charge in [0.05, 0.1) is 20.8 Å². The molecule has 1 aliphatic heterocycles. The van der Waals surface area contributed by atoms with Gasteiger partial charge in [-0.2, -0.15) is 0 Å². The Hall–Kier alpha value is -1.26. The van der Waals surface area contributed by atoms with Crippen LogP contribution in [0.15, 0.2) is 18.2 Å². The summed E-state index contributed by atoms with van der Waals surface area (Å²) < 4.78 is 16.0. The van der Waals surface area contributed by atoms with E-state index in [1.807, 2.05) is 18.2 Å². The first kappa shape index (κ1) is 13.2. The smallest absolute Gasteiger partial charge is 0.161 e. The molecule has 1 aromatic carbocycles. The van der Waals surface area contributed by atoms with Crippen LogP contribution in [0.5, 0.6) is 11.5 Å². The first-order valence-corrected chi connectivity index (χ1v) is 6.31. The molecule has 2 unspecified atom stereocenters. The Balaban J connectivity index is 2.16. The minimum absolute atomic E-state index is 0.00916. The minimum atomic E-state index is -0.00916. The third kappa shape index (κ3) is 2.76. The molecule has 0 radical (unpaired) electrons. The summed E-state index contributed by atoms with van der Waals surface area (Å²) in [5.41, 5.74) is 7.38. The van der Waals surface area contributed by atoms with Crippen LogP contribution in [0, 0.1) is 5.92 Å². The van der Waals surface area contributed by atoms with Crippen molar-refractivity contribution in [3.05, 3.63) is 23.8 Å². The molecule has 1 saturated heterocycles. The number of hydrogen-bond donors (Lipinski definition) is 1. The maximum atomic E-state index is 6.31. The zero-order valence-corrected chi connectivity index (χ0v) is 11.0. The molecule has 4 heteroatoms. The summed E-state index contributed by atoms with van der Waals surface area (Å²) in [7, 11) is 3.27. The topological polar surface area (TPSA) is 53.7 Å². The summed E-state index contributed by atoms with van der Waals surface area (Å²) >= 11 is 0. The molecule has 0 aromatic heterocycles. The van der Waals surface area contributed by atoms with E-state index in [4.69, 9.17) is 19.9 Å². The monoisotopic (exact) mass is 251 g/mol. The highest BCUT2D eigenvalue weighted by Gasteiger charge is 2.23. The predicted molar refractivity (Wildman–Crippen MR) is 70.0 cm³/mol. The van der Waals surface area contributed by atoms with E-state index in [0.717, 1.165) is 43.1 Å². The van der Waals surface area contributed by atoms with E-state index in [1.54, 1.807) is 14.2 Å². The first-order valence-electron chi connectivity index (χ1n) is 6.31. The molecule has 2 atom stereocenters. The molecule has 1 aliphatic rings. The molecular weight excluding hydrogens is 230 g/mol. The van der Waals surface area contributed by atoms with Crippen molar-refractivity contribution in [3.63, 3.8) is 0 Å². The molecule has 2 N–H and O–H groups in total. The van der Waals surface area contributed by atoms with Gasteiger partial charge in [0.1, 0.15) is 0 Å². The molecular formula is C14H21NO3. The second kappa shape index (κ2) is 6.07. The van der Waals surface area contributed by atoms with E-state index >= 15 is 0 Å². The van der Waals surface area contributed by atoms with Gasteiger partial charge in [0.2, 0.25) is 0 Å². The highest BCUT2D eigenvalue weighted by Crippen LogP contribution is 2.33. The molecule has 0 bridgehead atoms. The molecule has 1 heterocycles. The van der Waals surface area contributed by atoms with Crippen LogP contribution in [-0.4, -0.2) is 27.4 Å². The molecule has 100 valence electrons. The second-order valence-corrected chi connectivity index (χ2v) is 4.62. The summed E-state index contributed by atoms with van der Waals surface area (Å²) in [5.74, 6) is 1.84. The van der Waals surface area contributed by atoms with Crippen molar-refractivity contribution in [2.45, 2.75) is 18.9 Å². The lowest BCUT2D eigenvalue weighted by Gasteiger charge is -2.28. The van der Waals surface area contributed by atoms with E-state index in [0.29, 0.717) is 5.92 Å². The summed E-state index contributed by atoms with van der Waals surface area (Å²) in [6, 6.07) is 5.85. The Morgan fingerprint density at radius 2 is 2.06 bits per heavy atom. The maximum Gasteiger partial charge on any atom is 0.161 e. The van der Waals surface area contributed by atoms with Crippen LogP contribution in [0.3, 0.4) is 0 Å². The number of ether oxygens (including phenoxy) is 3. The van der Waals surface area contributed by atoms with Crippen LogP contribution in [0.1, 0.15) is 24.4 Å². The molecule has 1 aromatic rings. The zero-order valence-electron chi connectivity index (χ0n) is 11.0. The van der Waals surface area contributed by atoms with Gasteiger partial charge in [0, 0.05) is 18.6 Å². The van der Waals surface area contributed by atoms with Crippen molar-refractivity contribution in [2.75, 3.05) is 27.4 Å². The Bertz CT molecular complexity index is 389. The van der Waals surface area contributed by atoms with Gasteiger partial charge in [-0.1, -0.05) is 6.07 Å². The third-order valence-corrected chi connectivity index (χ3v) is 3.50. The number of rotatable bonds is 4. The predicted octanol–water partition coefficient (Wildman–Crippen LogP) is 2.13. The maximum absolute atomic E-state index is 6.31. The zero-order chi connectivity index (χ0) is 13.0. The molecule has 0 saturated carbocycles. The van der Waals surface area contributed by atoms with E-state index in [1.165, 1.54) is 0 Å². The van der Waals surface area contributed by atoms with Gasteiger partial charge in [-0.25, -0.2) is 0 Å². The van der Waals surface area contributed by atoms with E-state index in [9.17, 15) is 0 Å². The molecule has 18 heavy (non-hydrogen) atoms. The molecule has 0 aliphatic carbocycles. The fourth-order valence-electron chi connectivity index (χ4n) is 2.38. The third-order valence-electron chi connectivity index (χ3n) is 3.50. The summed E-state index contributed by atoms with van der Waals surface area (Å²) in [6.07, 6.45) is 2.21. The van der Waals surface area contributed by atoms with E-state index in [2.05, 4.69) is 0 Å². The summed E-state index contributed by atoms with van der Waals surface area (Å²) in [5, 5.41) is 0. The van der Waals surface area contributed by atoms with E-state index in [-0.39, 0.29) is 6.04 Å². The van der Waals surface area contributed by atoms with Crippen LogP contribution in [0.25, 0.3) is 0 Å². The van der Waals surface area contributed by atoms with Crippen molar-refractivity contribution in [1.82, 2.24) is 0 Å². The first-order chi connectivity index (χ1) is 8.76. The average molecular weight is 251 g/mol. The van der Waals surface area contributed by atoms with Gasteiger partial charge in [-0.3, -0.25) is 0 Å². The Morgan fingerprint density at radius 3 is 2.67 bits per heavy atom. The van der Waals surface area contributed by atoms with Crippen LogP contribution in [-0.2, 0) is 4.74 Å². The molecule has 1 fully saturated rings. The average Bonchev–Trinajstić information content (AvgIpc) is 2.46. The van der Waals surface area contributed by atoms with Gasteiger partial charge < -0.3 is 19.9 Å². The Labute approximate surface area is 108 Å². The minimum Gasteiger partial charge on any atom is -0.493 e. The quantitative estimate of drug-likeness (QED) is 0.890. The van der Waals surface area contributed by atoms with Crippen molar-refractivity contribution in [2.24, 2.45) is 11.7 Å². The van der Waals surface area contributed by atoms with Crippen molar-refractivity contribution in [3.8, 4) is 11.5 Å². The van der Waals surface area contributed by atoms with Gasteiger partial charge in [0.15, 0.2) is 11.5 Å². The summed E-state index contributed by atoms with van der Waals surface area (Å²) in [4.78, 5) is 0. The fourth-order valence-corrected chi connectivity index (χ4v) is 2.38. The molecule has 0 spiro atoms. The van der Waals surface area contributed by atoms with Crippen LogP contribution < -0.4 is 15.2 Å². The lowest BCUT2D eigenvalue weighted by Crippen LogP contribution is -2.29. The van der Waals surface area contributed by atoms with Crippen LogP contribution >= 0.6 is 0 Å². The SMILES string of the molecule is COc1ccc(C(N)C2CCCOC2)cc1OC. The van der Waals surface area contributed by atoms with Crippen molar-refractivity contribution in [1.29, 1.82) is 0 Å². The largest absolute Gasteiger partial charge is 0.493 e. The highest BCUT2D eigenvalue weighted by molar-refractivity contribution is 5.43. The van der Waals surface area contributed by atoms with Crippen LogP contribution in [0.2, 0.25) is 0 Å². The molecule has 2 rings (SSSR count). The molecule has 0 amide bonds. The number of benzene rings is 1. The van der Waals surface area contributed by atoms with Crippen molar-refractivity contribution < 1.29 is 14.2 Å². The molecule has 4 nitrogen and oxygen atoms in total. The van der Waals surface area contributed by atoms with Crippen molar-refractivity contribution >= 4 is 0 Å². The van der Waals surface area contributed by atoms with Gasteiger partial charge in [-0.15, -0.1) is 0 Å². The highest BCUT2D eigenvalue weighted by atomic mass is 16.5. The number of nitrogens with two attached hydrogens (primary N) is 1. The van der Waals surface area contributed by atoms with Gasteiger partial charge in [-0.05, 0) is 30.5 Å². The lowest BCUT2D eigenvalue weighted by atomic mass is 9.89. The van der Waals surface area contributed by atoms with E-state index < -0.39 is 0 Å². The second-order valence-electron chi connectivity index (χ2n) is 4.62. The normalized spacial score (nSPS) is 21.4. The number of hydrogen-bond acceptors (Lipinski definition) is 4. The van der Waals surface area contributed by atoms with Gasteiger partial charge >= 0.3 is 0 Å². The van der Waals surface area contributed by atoms with Gasteiger partial charge in [0.25, 0.3) is 0 Å².